The van der Waals surface area contributed by atoms with E-state index in [1.807, 2.05) is 24.3 Å². The highest BCUT2D eigenvalue weighted by atomic mass is 16.3. The molecule has 4 aromatic heterocycles. The monoisotopic (exact) mass is 339 g/mol. The van der Waals surface area contributed by atoms with Crippen LogP contribution in [-0.2, 0) is 26.7 Å². The second kappa shape index (κ2) is 6.40. The summed E-state index contributed by atoms with van der Waals surface area (Å²) in [6, 6.07) is 7.52. The van der Waals surface area contributed by atoms with Crippen LogP contribution in [0.1, 0.15) is 17.3 Å². The molecule has 0 aliphatic carbocycles. The Balaban J connectivity index is 1.63. The molecule has 0 spiro atoms. The summed E-state index contributed by atoms with van der Waals surface area (Å²) in [6.07, 6.45) is 4.80. The predicted molar refractivity (Wildman–Crippen MR) is 89.5 cm³/mol. The molecule has 1 N–H and O–H groups in total. The number of furan rings is 2. The minimum absolute atomic E-state index is 0.191. The molecule has 0 atom stereocenters. The molecule has 0 amide bonds. The molecule has 8 nitrogen and oxygen atoms in total. The molecule has 0 radical (unpaired) electrons. The average Bonchev–Trinajstić information content (AvgIpc) is 3.32. The van der Waals surface area contributed by atoms with Crippen molar-refractivity contribution in [3.63, 3.8) is 0 Å². The van der Waals surface area contributed by atoms with E-state index in [4.69, 9.17) is 8.83 Å². The molecule has 4 rings (SSSR count). The third kappa shape index (κ3) is 3.24. The van der Waals surface area contributed by atoms with Gasteiger partial charge in [-0.1, -0.05) is 0 Å². The zero-order valence-electron chi connectivity index (χ0n) is 13.7. The van der Waals surface area contributed by atoms with Crippen LogP contribution in [0, 0.1) is 0 Å². The number of rotatable bonds is 6. The number of H-pyrrole nitrogens is 1. The fourth-order valence-corrected chi connectivity index (χ4v) is 2.78. The van der Waals surface area contributed by atoms with Crippen LogP contribution in [0.15, 0.2) is 56.6 Å². The van der Waals surface area contributed by atoms with Gasteiger partial charge in [-0.25, -0.2) is 4.98 Å². The smallest absolute Gasteiger partial charge is 0.262 e. The minimum atomic E-state index is -0.191. The molecular weight excluding hydrogens is 322 g/mol. The van der Waals surface area contributed by atoms with Gasteiger partial charge >= 0.3 is 0 Å². The van der Waals surface area contributed by atoms with E-state index in [0.29, 0.717) is 36.5 Å². The molecule has 0 aliphatic rings. The van der Waals surface area contributed by atoms with Crippen LogP contribution in [0.3, 0.4) is 0 Å². The Morgan fingerprint density at radius 2 is 1.80 bits per heavy atom. The van der Waals surface area contributed by atoms with E-state index in [1.54, 1.807) is 24.3 Å². The first kappa shape index (κ1) is 15.4. The first-order valence-corrected chi connectivity index (χ1v) is 7.87. The van der Waals surface area contributed by atoms with Crippen LogP contribution in [0.5, 0.6) is 0 Å². The summed E-state index contributed by atoms with van der Waals surface area (Å²) in [5.41, 5.74) is 0.374. The van der Waals surface area contributed by atoms with E-state index >= 15 is 0 Å². The maximum absolute atomic E-state index is 12.2. The molecule has 0 unspecified atom stereocenters. The zero-order valence-corrected chi connectivity index (χ0v) is 13.7. The van der Waals surface area contributed by atoms with Crippen LogP contribution in [-0.4, -0.2) is 24.6 Å². The average molecular weight is 339 g/mol. The van der Waals surface area contributed by atoms with Gasteiger partial charge in [0.25, 0.3) is 5.56 Å². The van der Waals surface area contributed by atoms with Gasteiger partial charge in [0.05, 0.1) is 38.4 Å². The number of aryl methyl sites for hydroxylation is 1. The zero-order chi connectivity index (χ0) is 17.2. The van der Waals surface area contributed by atoms with Crippen LogP contribution in [0.25, 0.3) is 11.0 Å². The number of hydrogen-bond donors (Lipinski definition) is 1. The van der Waals surface area contributed by atoms with E-state index < -0.39 is 0 Å². The van der Waals surface area contributed by atoms with Crippen molar-refractivity contribution in [2.75, 3.05) is 0 Å². The Morgan fingerprint density at radius 3 is 2.40 bits per heavy atom. The van der Waals surface area contributed by atoms with Crippen molar-refractivity contribution in [2.45, 2.75) is 19.6 Å². The van der Waals surface area contributed by atoms with Gasteiger partial charge in [-0.2, -0.15) is 5.10 Å². The normalized spacial score (nSPS) is 11.6. The topological polar surface area (TPSA) is 93.1 Å². The first-order valence-electron chi connectivity index (χ1n) is 7.87. The van der Waals surface area contributed by atoms with Crippen molar-refractivity contribution < 1.29 is 8.83 Å². The standard InChI is InChI=1S/C17H17N5O3/c1-21-16-14(8-18-21)17(23)20-15(19-16)11-22(9-12-4-2-6-24-12)10-13-5-3-7-25-13/h2-8H,9-11H2,1H3,(H,19,20,23). The highest BCUT2D eigenvalue weighted by Crippen LogP contribution is 2.14. The summed E-state index contributed by atoms with van der Waals surface area (Å²) in [5.74, 6) is 2.23. The van der Waals surface area contributed by atoms with E-state index in [0.717, 1.165) is 11.5 Å². The molecular formula is C17H17N5O3. The van der Waals surface area contributed by atoms with Gasteiger partial charge in [-0.05, 0) is 24.3 Å². The maximum Gasteiger partial charge on any atom is 0.262 e. The molecule has 25 heavy (non-hydrogen) atoms. The van der Waals surface area contributed by atoms with Crippen molar-refractivity contribution in [1.82, 2.24) is 24.6 Å². The second-order valence-electron chi connectivity index (χ2n) is 5.82. The van der Waals surface area contributed by atoms with Gasteiger partial charge in [0.2, 0.25) is 0 Å². The van der Waals surface area contributed by atoms with Crippen molar-refractivity contribution in [1.29, 1.82) is 0 Å². The van der Waals surface area contributed by atoms with E-state index in [2.05, 4.69) is 20.0 Å². The van der Waals surface area contributed by atoms with Gasteiger partial charge in [-0.15, -0.1) is 0 Å². The lowest BCUT2D eigenvalue weighted by Gasteiger charge is -2.19. The molecule has 128 valence electrons. The van der Waals surface area contributed by atoms with Gasteiger partial charge in [0.15, 0.2) is 5.65 Å². The number of nitrogens with one attached hydrogen (secondary N) is 1. The Hall–Kier alpha value is -3.13. The lowest BCUT2D eigenvalue weighted by molar-refractivity contribution is 0.205. The Labute approximate surface area is 142 Å². The quantitative estimate of drug-likeness (QED) is 0.578. The highest BCUT2D eigenvalue weighted by molar-refractivity contribution is 5.72. The lowest BCUT2D eigenvalue weighted by atomic mass is 10.3. The van der Waals surface area contributed by atoms with Crippen LogP contribution in [0.4, 0.5) is 0 Å². The summed E-state index contributed by atoms with van der Waals surface area (Å²) >= 11 is 0. The molecule has 8 heteroatoms. The van der Waals surface area contributed by atoms with Gasteiger partial charge < -0.3 is 13.8 Å². The molecule has 0 aromatic carbocycles. The van der Waals surface area contributed by atoms with E-state index in [1.165, 1.54) is 6.20 Å². The Kier molecular flexibility index (Phi) is 3.95. The molecule has 0 fully saturated rings. The third-order valence-corrected chi connectivity index (χ3v) is 3.94. The minimum Gasteiger partial charge on any atom is -0.468 e. The van der Waals surface area contributed by atoms with Crippen LogP contribution >= 0.6 is 0 Å². The molecule has 0 saturated carbocycles. The SMILES string of the molecule is Cn1ncc2c(=O)[nH]c(CN(Cc3ccco3)Cc3ccco3)nc21. The van der Waals surface area contributed by atoms with Crippen LogP contribution in [0.2, 0.25) is 0 Å². The number of hydrogen-bond acceptors (Lipinski definition) is 6. The number of aromatic amines is 1. The van der Waals surface area contributed by atoms with Gasteiger partial charge in [0, 0.05) is 7.05 Å². The molecule has 0 bridgehead atoms. The lowest BCUT2D eigenvalue weighted by Crippen LogP contribution is -2.25. The Morgan fingerprint density at radius 1 is 1.12 bits per heavy atom. The second-order valence-corrected chi connectivity index (χ2v) is 5.82. The van der Waals surface area contributed by atoms with E-state index in [-0.39, 0.29) is 5.56 Å². The van der Waals surface area contributed by atoms with Gasteiger partial charge in [-0.3, -0.25) is 14.4 Å². The summed E-state index contributed by atoms with van der Waals surface area (Å²) in [6.45, 7) is 1.58. The molecule has 4 heterocycles. The maximum atomic E-state index is 12.2. The largest absolute Gasteiger partial charge is 0.468 e. The van der Waals surface area contributed by atoms with Gasteiger partial charge in [0.1, 0.15) is 22.7 Å². The summed E-state index contributed by atoms with van der Waals surface area (Å²) in [4.78, 5) is 21.7. The predicted octanol–water partition coefficient (Wildman–Crippen LogP) is 2.04. The fourth-order valence-electron chi connectivity index (χ4n) is 2.78. The third-order valence-electron chi connectivity index (χ3n) is 3.94. The van der Waals surface area contributed by atoms with Crippen molar-refractivity contribution in [3.8, 4) is 0 Å². The van der Waals surface area contributed by atoms with Crippen molar-refractivity contribution in [3.05, 3.63) is 70.7 Å². The number of aromatic nitrogens is 4. The summed E-state index contributed by atoms with van der Waals surface area (Å²) < 4.78 is 12.5. The number of nitrogens with zero attached hydrogens (tertiary/aromatic N) is 4. The van der Waals surface area contributed by atoms with E-state index in [9.17, 15) is 4.79 Å². The van der Waals surface area contributed by atoms with Crippen molar-refractivity contribution >= 4 is 11.0 Å². The first-order chi connectivity index (χ1) is 12.2. The fraction of sp³-hybridized carbons (Fsp3) is 0.235. The summed E-state index contributed by atoms with van der Waals surface area (Å²) in [7, 11) is 1.77. The highest BCUT2D eigenvalue weighted by Gasteiger charge is 2.15. The molecule has 4 aromatic rings. The summed E-state index contributed by atoms with van der Waals surface area (Å²) in [5, 5.41) is 4.57. The van der Waals surface area contributed by atoms with Crippen LogP contribution < -0.4 is 5.56 Å². The van der Waals surface area contributed by atoms with Crippen molar-refractivity contribution in [2.24, 2.45) is 7.05 Å². The molecule has 0 saturated heterocycles. The molecule has 0 aliphatic heterocycles. The Bertz CT molecular complexity index is 978. The number of fused-ring (bicyclic) bond motifs is 1.